The summed E-state index contributed by atoms with van der Waals surface area (Å²) < 4.78 is 36.7. The molecule has 9 heteroatoms. The summed E-state index contributed by atoms with van der Waals surface area (Å²) >= 11 is 0. The Balaban J connectivity index is 2.81. The van der Waals surface area contributed by atoms with E-state index in [9.17, 15) is 18.0 Å². The number of ether oxygens (including phenoxy) is 2. The number of carbonyl (C=O) groups is 2. The molecule has 0 heterocycles. The molecule has 8 nitrogen and oxygen atoms in total. The fourth-order valence-electron chi connectivity index (χ4n) is 1.88. The molecule has 1 aromatic rings. The number of hydrogen-bond acceptors (Lipinski definition) is 7. The van der Waals surface area contributed by atoms with Crippen molar-refractivity contribution >= 4 is 22.2 Å². The maximum Gasteiger partial charge on any atom is 0.408 e. The fraction of sp³-hybridized carbons (Fsp3) is 0.500. The van der Waals surface area contributed by atoms with Gasteiger partial charge in [0.05, 0.1) is 13.4 Å². The van der Waals surface area contributed by atoms with E-state index in [-0.39, 0.29) is 12.2 Å². The Kier molecular flexibility index (Phi) is 6.80. The van der Waals surface area contributed by atoms with Crippen LogP contribution in [0.5, 0.6) is 5.75 Å². The first-order valence-electron chi connectivity index (χ1n) is 7.45. The number of methoxy groups -OCH3 is 1. The molecule has 0 aliphatic rings. The second-order valence-corrected chi connectivity index (χ2v) is 7.93. The Labute approximate surface area is 147 Å². The molecule has 0 aliphatic carbocycles. The molecule has 0 radical (unpaired) electrons. The van der Waals surface area contributed by atoms with Crippen LogP contribution in [0, 0.1) is 0 Å². The molecule has 0 bridgehead atoms. The maximum absolute atomic E-state index is 11.9. The van der Waals surface area contributed by atoms with Crippen LogP contribution >= 0.6 is 0 Å². The lowest BCUT2D eigenvalue weighted by Gasteiger charge is -2.22. The third-order valence-electron chi connectivity index (χ3n) is 2.79. The standard InChI is InChI=1S/C16H23NO7S/c1-16(2,3)23-15(19)17-13(14(18)22-4)10-11-6-8-12(9-7-11)24-25(5,20)21/h6-9,13H,10H2,1-5H3,(H,17,19). The van der Waals surface area contributed by atoms with Gasteiger partial charge in [0, 0.05) is 6.42 Å². The molecule has 1 rings (SSSR count). The molecule has 1 atom stereocenters. The second-order valence-electron chi connectivity index (χ2n) is 6.36. The fourth-order valence-corrected chi connectivity index (χ4v) is 2.34. The van der Waals surface area contributed by atoms with Gasteiger partial charge in [-0.15, -0.1) is 0 Å². The van der Waals surface area contributed by atoms with Gasteiger partial charge in [-0.25, -0.2) is 9.59 Å². The molecule has 0 saturated heterocycles. The summed E-state index contributed by atoms with van der Waals surface area (Å²) in [4.78, 5) is 23.7. The van der Waals surface area contributed by atoms with Crippen LogP contribution in [0.25, 0.3) is 0 Å². The van der Waals surface area contributed by atoms with Gasteiger partial charge in [0.15, 0.2) is 0 Å². The summed E-state index contributed by atoms with van der Waals surface area (Å²) in [5.74, 6) is -0.469. The van der Waals surface area contributed by atoms with Crippen LogP contribution in [0.4, 0.5) is 4.79 Å². The van der Waals surface area contributed by atoms with Crippen molar-refractivity contribution in [1.82, 2.24) is 5.32 Å². The number of esters is 1. The molecule has 0 aromatic heterocycles. The molecule has 1 aromatic carbocycles. The van der Waals surface area contributed by atoms with Crippen molar-refractivity contribution < 1.29 is 31.7 Å². The predicted molar refractivity (Wildman–Crippen MR) is 90.8 cm³/mol. The zero-order valence-corrected chi connectivity index (χ0v) is 15.7. The zero-order valence-electron chi connectivity index (χ0n) is 14.9. The summed E-state index contributed by atoms with van der Waals surface area (Å²) in [7, 11) is -2.39. The minimum atomic E-state index is -3.61. The van der Waals surface area contributed by atoms with E-state index in [0.717, 1.165) is 6.26 Å². The number of hydrogen-bond donors (Lipinski definition) is 1. The van der Waals surface area contributed by atoms with Gasteiger partial charge in [-0.3, -0.25) is 0 Å². The molecule has 0 aliphatic heterocycles. The second kappa shape index (κ2) is 8.19. The molecule has 25 heavy (non-hydrogen) atoms. The first-order chi connectivity index (χ1) is 11.4. The lowest BCUT2D eigenvalue weighted by molar-refractivity contribution is -0.143. The SMILES string of the molecule is COC(=O)C(Cc1ccc(OS(C)(=O)=O)cc1)NC(=O)OC(C)(C)C. The summed E-state index contributed by atoms with van der Waals surface area (Å²) in [6, 6.07) is 5.15. The van der Waals surface area contributed by atoms with Crippen LogP contribution in [0.1, 0.15) is 26.3 Å². The smallest absolute Gasteiger partial charge is 0.408 e. The maximum atomic E-state index is 11.9. The Morgan fingerprint density at radius 1 is 1.16 bits per heavy atom. The molecular formula is C16H23NO7S. The van der Waals surface area contributed by atoms with Crippen LogP contribution in [0.2, 0.25) is 0 Å². The van der Waals surface area contributed by atoms with Gasteiger partial charge in [-0.05, 0) is 38.5 Å². The third-order valence-corrected chi connectivity index (χ3v) is 3.28. The lowest BCUT2D eigenvalue weighted by atomic mass is 10.1. The monoisotopic (exact) mass is 373 g/mol. The highest BCUT2D eigenvalue weighted by molar-refractivity contribution is 7.86. The Bertz CT molecular complexity index is 705. The van der Waals surface area contributed by atoms with E-state index in [0.29, 0.717) is 5.56 Å². The molecule has 1 amide bonds. The van der Waals surface area contributed by atoms with Crippen molar-refractivity contribution in [3.05, 3.63) is 29.8 Å². The zero-order chi connectivity index (χ0) is 19.3. The van der Waals surface area contributed by atoms with Crippen LogP contribution in [-0.2, 0) is 30.8 Å². The summed E-state index contributed by atoms with van der Waals surface area (Å²) in [5, 5.41) is 2.46. The predicted octanol–water partition coefficient (Wildman–Crippen LogP) is 1.63. The molecule has 0 spiro atoms. The molecule has 140 valence electrons. The third kappa shape index (κ3) is 8.39. The molecule has 0 saturated carbocycles. The Hall–Kier alpha value is -2.29. The van der Waals surface area contributed by atoms with E-state index in [4.69, 9.17) is 13.7 Å². The van der Waals surface area contributed by atoms with Crippen molar-refractivity contribution in [2.24, 2.45) is 0 Å². The van der Waals surface area contributed by atoms with Crippen molar-refractivity contribution in [3.8, 4) is 5.75 Å². The molecule has 1 unspecified atom stereocenters. The van der Waals surface area contributed by atoms with Gasteiger partial charge in [0.1, 0.15) is 17.4 Å². The minimum Gasteiger partial charge on any atom is -0.467 e. The summed E-state index contributed by atoms with van der Waals surface area (Å²) in [5.41, 5.74) is -0.0256. The van der Waals surface area contributed by atoms with E-state index in [1.165, 1.54) is 19.2 Å². The van der Waals surface area contributed by atoms with Crippen molar-refractivity contribution in [1.29, 1.82) is 0 Å². The number of alkyl carbamates (subject to hydrolysis) is 1. The number of rotatable bonds is 6. The van der Waals surface area contributed by atoms with E-state index >= 15 is 0 Å². The summed E-state index contributed by atoms with van der Waals surface area (Å²) in [6.07, 6.45) is 0.351. The minimum absolute atomic E-state index is 0.144. The first kappa shape index (κ1) is 20.8. The van der Waals surface area contributed by atoms with Gasteiger partial charge in [0.2, 0.25) is 0 Å². The highest BCUT2D eigenvalue weighted by Gasteiger charge is 2.25. The topological polar surface area (TPSA) is 108 Å². The van der Waals surface area contributed by atoms with Gasteiger partial charge >= 0.3 is 22.2 Å². The number of benzene rings is 1. The van der Waals surface area contributed by atoms with E-state index in [2.05, 4.69) is 5.32 Å². The largest absolute Gasteiger partial charge is 0.467 e. The van der Waals surface area contributed by atoms with Crippen LogP contribution in [0.3, 0.4) is 0 Å². The highest BCUT2D eigenvalue weighted by atomic mass is 32.2. The average molecular weight is 373 g/mol. The number of nitrogens with one attached hydrogen (secondary N) is 1. The van der Waals surface area contributed by atoms with Crippen molar-refractivity contribution in [3.63, 3.8) is 0 Å². The molecule has 1 N–H and O–H groups in total. The highest BCUT2D eigenvalue weighted by Crippen LogP contribution is 2.16. The summed E-state index contributed by atoms with van der Waals surface area (Å²) in [6.45, 7) is 5.13. The molecular weight excluding hydrogens is 350 g/mol. The van der Waals surface area contributed by atoms with Gasteiger partial charge in [-0.2, -0.15) is 8.42 Å². The van der Waals surface area contributed by atoms with Crippen molar-refractivity contribution in [2.75, 3.05) is 13.4 Å². The normalized spacial score (nSPS) is 12.8. The van der Waals surface area contributed by atoms with Gasteiger partial charge in [0.25, 0.3) is 0 Å². The van der Waals surface area contributed by atoms with Gasteiger partial charge < -0.3 is 19.0 Å². The molecule has 0 fully saturated rings. The quantitative estimate of drug-likeness (QED) is 0.596. The number of amides is 1. The number of carbonyl (C=O) groups excluding carboxylic acids is 2. The van der Waals surface area contributed by atoms with E-state index in [1.807, 2.05) is 0 Å². The lowest BCUT2D eigenvalue weighted by Crippen LogP contribution is -2.45. The van der Waals surface area contributed by atoms with Crippen LogP contribution < -0.4 is 9.50 Å². The van der Waals surface area contributed by atoms with E-state index in [1.54, 1.807) is 32.9 Å². The first-order valence-corrected chi connectivity index (χ1v) is 9.27. The van der Waals surface area contributed by atoms with Crippen LogP contribution in [-0.4, -0.2) is 45.5 Å². The van der Waals surface area contributed by atoms with Crippen molar-refractivity contribution in [2.45, 2.75) is 38.8 Å². The Morgan fingerprint density at radius 2 is 1.72 bits per heavy atom. The Morgan fingerprint density at radius 3 is 2.16 bits per heavy atom. The van der Waals surface area contributed by atoms with Crippen LogP contribution in [0.15, 0.2) is 24.3 Å². The van der Waals surface area contributed by atoms with Gasteiger partial charge in [-0.1, -0.05) is 12.1 Å². The average Bonchev–Trinajstić information content (AvgIpc) is 2.44. The van der Waals surface area contributed by atoms with E-state index < -0.39 is 33.8 Å².